The molecule has 1 nitrogen and oxygen atoms in total. The summed E-state index contributed by atoms with van der Waals surface area (Å²) >= 11 is 0. The van der Waals surface area contributed by atoms with Crippen LogP contribution in [0, 0.1) is 23.7 Å². The lowest BCUT2D eigenvalue weighted by atomic mass is 9.73. The van der Waals surface area contributed by atoms with Crippen LogP contribution in [0.2, 0.25) is 0 Å². The number of nitrogens with one attached hydrogen (secondary N) is 1. The molecule has 3 rings (SSSR count). The Bertz CT molecular complexity index is 252. The second kappa shape index (κ2) is 8.56. The predicted octanol–water partition coefficient (Wildman–Crippen LogP) is 5.54. The summed E-state index contributed by atoms with van der Waals surface area (Å²) in [7, 11) is 0. The van der Waals surface area contributed by atoms with Crippen LogP contribution in [0.4, 0.5) is 0 Å². The lowest BCUT2D eigenvalue weighted by Crippen LogP contribution is -2.21. The van der Waals surface area contributed by atoms with Gasteiger partial charge in [-0.3, -0.25) is 0 Å². The second-order valence-corrected chi connectivity index (χ2v) is 8.30. The zero-order valence-corrected chi connectivity index (χ0v) is 14.1. The van der Waals surface area contributed by atoms with Gasteiger partial charge >= 0.3 is 0 Å². The Balaban J connectivity index is 1.48. The van der Waals surface area contributed by atoms with Gasteiger partial charge in [0.15, 0.2) is 0 Å². The average molecular weight is 292 g/mol. The molecule has 1 heterocycles. The highest BCUT2D eigenvalue weighted by Crippen LogP contribution is 2.39. The van der Waals surface area contributed by atoms with Crippen molar-refractivity contribution in [2.24, 2.45) is 23.7 Å². The van der Waals surface area contributed by atoms with Crippen molar-refractivity contribution in [3.05, 3.63) is 0 Å². The molecule has 2 saturated carbocycles. The highest BCUT2D eigenvalue weighted by Gasteiger charge is 2.26. The fraction of sp³-hybridized carbons (Fsp3) is 1.00. The molecule has 21 heavy (non-hydrogen) atoms. The summed E-state index contributed by atoms with van der Waals surface area (Å²) < 4.78 is 0. The van der Waals surface area contributed by atoms with E-state index in [1.807, 2.05) is 0 Å². The van der Waals surface area contributed by atoms with Crippen LogP contribution in [-0.2, 0) is 0 Å². The summed E-state index contributed by atoms with van der Waals surface area (Å²) in [6, 6.07) is 0. The first kappa shape index (κ1) is 15.8. The smallest absolute Gasteiger partial charge is 0.00488 e. The molecule has 122 valence electrons. The van der Waals surface area contributed by atoms with Crippen molar-refractivity contribution in [1.82, 2.24) is 5.32 Å². The van der Waals surface area contributed by atoms with E-state index in [2.05, 4.69) is 5.32 Å². The van der Waals surface area contributed by atoms with Gasteiger partial charge in [-0.1, -0.05) is 51.4 Å². The summed E-state index contributed by atoms with van der Waals surface area (Å²) in [5.41, 5.74) is 0. The van der Waals surface area contributed by atoms with Gasteiger partial charge in [0.2, 0.25) is 0 Å². The van der Waals surface area contributed by atoms with Crippen molar-refractivity contribution in [3.63, 3.8) is 0 Å². The molecule has 2 unspecified atom stereocenters. The van der Waals surface area contributed by atoms with Gasteiger partial charge in [-0.25, -0.2) is 0 Å². The first-order valence-electron chi connectivity index (χ1n) is 10.1. The molecule has 0 aromatic carbocycles. The van der Waals surface area contributed by atoms with Crippen LogP contribution in [0.1, 0.15) is 89.9 Å². The van der Waals surface area contributed by atoms with Crippen molar-refractivity contribution in [3.8, 4) is 0 Å². The van der Waals surface area contributed by atoms with Crippen molar-refractivity contribution in [1.29, 1.82) is 0 Å². The second-order valence-electron chi connectivity index (χ2n) is 8.30. The minimum Gasteiger partial charge on any atom is -0.317 e. The van der Waals surface area contributed by atoms with E-state index in [1.54, 1.807) is 51.4 Å². The molecule has 1 saturated heterocycles. The summed E-state index contributed by atoms with van der Waals surface area (Å²) in [4.78, 5) is 0. The van der Waals surface area contributed by atoms with Crippen LogP contribution >= 0.6 is 0 Å². The molecule has 1 N–H and O–H groups in total. The molecule has 1 heteroatoms. The van der Waals surface area contributed by atoms with Gasteiger partial charge in [-0.05, 0) is 75.3 Å². The lowest BCUT2D eigenvalue weighted by molar-refractivity contribution is 0.189. The van der Waals surface area contributed by atoms with Crippen molar-refractivity contribution in [2.45, 2.75) is 89.9 Å². The maximum atomic E-state index is 3.64. The maximum Gasteiger partial charge on any atom is -0.00488 e. The molecule has 0 aromatic heterocycles. The zero-order chi connectivity index (χ0) is 14.3. The van der Waals surface area contributed by atoms with Crippen molar-refractivity contribution >= 4 is 0 Å². The van der Waals surface area contributed by atoms with Crippen LogP contribution in [0.25, 0.3) is 0 Å². The third-order valence-electron chi connectivity index (χ3n) is 6.86. The van der Waals surface area contributed by atoms with E-state index < -0.39 is 0 Å². The average Bonchev–Trinajstić information content (AvgIpc) is 2.48. The Labute approximate surface area is 132 Å². The lowest BCUT2D eigenvalue weighted by Gasteiger charge is -2.33. The molecular weight excluding hydrogens is 254 g/mol. The van der Waals surface area contributed by atoms with E-state index in [1.165, 1.54) is 51.6 Å². The highest BCUT2D eigenvalue weighted by molar-refractivity contribution is 4.79. The van der Waals surface area contributed by atoms with Crippen LogP contribution < -0.4 is 5.32 Å². The summed E-state index contributed by atoms with van der Waals surface area (Å²) in [6.07, 6.45) is 21.3. The summed E-state index contributed by atoms with van der Waals surface area (Å²) in [5, 5.41) is 3.64. The van der Waals surface area contributed by atoms with Gasteiger partial charge in [0, 0.05) is 0 Å². The first-order chi connectivity index (χ1) is 10.4. The zero-order valence-electron chi connectivity index (χ0n) is 14.1. The van der Waals surface area contributed by atoms with E-state index in [9.17, 15) is 0 Å². The Morgan fingerprint density at radius 2 is 1.00 bits per heavy atom. The van der Waals surface area contributed by atoms with Gasteiger partial charge in [-0.15, -0.1) is 0 Å². The van der Waals surface area contributed by atoms with Crippen molar-refractivity contribution < 1.29 is 0 Å². The van der Waals surface area contributed by atoms with Gasteiger partial charge < -0.3 is 5.32 Å². The van der Waals surface area contributed by atoms with Crippen LogP contribution in [-0.4, -0.2) is 13.1 Å². The molecule has 2 aliphatic carbocycles. The molecule has 0 bridgehead atoms. The van der Waals surface area contributed by atoms with Gasteiger partial charge in [0.25, 0.3) is 0 Å². The minimum absolute atomic E-state index is 1.06. The predicted molar refractivity (Wildman–Crippen MR) is 91.5 cm³/mol. The molecular formula is C20H37N. The molecule has 0 amide bonds. The van der Waals surface area contributed by atoms with Gasteiger partial charge in [0.05, 0.1) is 0 Å². The monoisotopic (exact) mass is 291 g/mol. The Hall–Kier alpha value is -0.0400. The highest BCUT2D eigenvalue weighted by atomic mass is 14.8. The van der Waals surface area contributed by atoms with Crippen LogP contribution in [0.15, 0.2) is 0 Å². The molecule has 2 atom stereocenters. The number of hydrogen-bond acceptors (Lipinski definition) is 1. The first-order valence-corrected chi connectivity index (χ1v) is 10.1. The van der Waals surface area contributed by atoms with Crippen molar-refractivity contribution in [2.75, 3.05) is 13.1 Å². The number of hydrogen-bond donors (Lipinski definition) is 1. The molecule has 0 radical (unpaired) electrons. The fourth-order valence-corrected chi connectivity index (χ4v) is 4.80. The van der Waals surface area contributed by atoms with Gasteiger partial charge in [-0.2, -0.15) is 0 Å². The Morgan fingerprint density at radius 3 is 1.38 bits per heavy atom. The fourth-order valence-electron chi connectivity index (χ4n) is 4.80. The van der Waals surface area contributed by atoms with E-state index in [-0.39, 0.29) is 0 Å². The normalized spacial score (nSPS) is 32.6. The largest absolute Gasteiger partial charge is 0.317 e. The standard InChI is InChI=1S/C20H37N/c1-5-17(6-1)11-13-19-9-3-15-21-16-4-10-20(19)14-12-18-7-2-8-18/h17-21H,1-16H2. The topological polar surface area (TPSA) is 12.0 Å². The van der Waals surface area contributed by atoms with E-state index in [4.69, 9.17) is 0 Å². The SMILES string of the molecule is C1CC(CCC2CCCNCCCC2CCC2CCC2)C1. The Morgan fingerprint density at radius 1 is 0.524 bits per heavy atom. The molecule has 0 spiro atoms. The maximum absolute atomic E-state index is 3.64. The van der Waals surface area contributed by atoms with Crippen LogP contribution in [0.3, 0.4) is 0 Å². The molecule has 3 aliphatic rings. The van der Waals surface area contributed by atoms with E-state index in [0.717, 1.165) is 23.7 Å². The Kier molecular flexibility index (Phi) is 6.45. The van der Waals surface area contributed by atoms with E-state index in [0.29, 0.717) is 0 Å². The van der Waals surface area contributed by atoms with Crippen LogP contribution in [0.5, 0.6) is 0 Å². The summed E-state index contributed by atoms with van der Waals surface area (Å²) in [6.45, 7) is 2.55. The van der Waals surface area contributed by atoms with E-state index >= 15 is 0 Å². The molecule has 0 aromatic rings. The molecule has 3 fully saturated rings. The van der Waals surface area contributed by atoms with Gasteiger partial charge in [0.1, 0.15) is 0 Å². The number of rotatable bonds is 6. The minimum atomic E-state index is 1.06. The quantitative estimate of drug-likeness (QED) is 0.677. The molecule has 1 aliphatic heterocycles. The third-order valence-corrected chi connectivity index (χ3v) is 6.86. The third kappa shape index (κ3) is 4.98. The summed E-state index contributed by atoms with van der Waals surface area (Å²) in [5.74, 6) is 4.35.